The average molecular weight is 609 g/mol. The number of rotatable bonds is 16. The summed E-state index contributed by atoms with van der Waals surface area (Å²) in [5.41, 5.74) is -0.436. The first-order chi connectivity index (χ1) is 20.6. The Bertz CT molecular complexity index is 1260. The van der Waals surface area contributed by atoms with Crippen LogP contribution in [0, 0.1) is 0 Å². The Morgan fingerprint density at radius 1 is 1.00 bits per heavy atom. The molecule has 2 aromatic rings. The van der Waals surface area contributed by atoms with Crippen LogP contribution in [0.25, 0.3) is 0 Å². The standard InChI is InChI=1S/C29H38F2N4O8/c1-2-3-11-18-41-28(40)34-22-16-17-32-27(39)35(22)26-29(30,31)25(38)21(43-26)19-42-24(37)15-10-5-4-9-14-23(36)33-20-12-7-6-8-13-20/h6-8,12-13,16-17,21,25-26,38H,2-5,9-11,14-15,18-19H2,1H3,(H,33,36)(H,34,40)/t21-,25-,26-/m1/s1. The van der Waals surface area contributed by atoms with Gasteiger partial charge in [0.2, 0.25) is 12.1 Å². The molecule has 0 bridgehead atoms. The molecular weight excluding hydrogens is 570 g/mol. The molecular formula is C29H38F2N4O8. The summed E-state index contributed by atoms with van der Waals surface area (Å²) in [5.74, 6) is -5.13. The van der Waals surface area contributed by atoms with Gasteiger partial charge in [-0.25, -0.2) is 19.1 Å². The fourth-order valence-corrected chi connectivity index (χ4v) is 4.39. The summed E-state index contributed by atoms with van der Waals surface area (Å²) in [4.78, 5) is 52.2. The van der Waals surface area contributed by atoms with E-state index in [1.165, 1.54) is 0 Å². The SMILES string of the molecule is CCCCCOC(=O)Nc1ccnc(=O)n1[C@@H]1O[C@H](COC(=O)CCCCCCC(=O)Nc2ccccc2)[C@@H](O)C1(F)F. The maximum absolute atomic E-state index is 15.1. The highest BCUT2D eigenvalue weighted by Crippen LogP contribution is 2.43. The lowest BCUT2D eigenvalue weighted by atomic mass is 10.1. The molecule has 1 aliphatic rings. The first-order valence-corrected chi connectivity index (χ1v) is 14.4. The van der Waals surface area contributed by atoms with Gasteiger partial charge in [0.05, 0.1) is 6.61 Å². The molecule has 0 aliphatic carbocycles. The molecule has 0 spiro atoms. The number of para-hydroxylation sites is 1. The molecule has 1 aromatic heterocycles. The van der Waals surface area contributed by atoms with Crippen LogP contribution in [0.2, 0.25) is 0 Å². The molecule has 12 nitrogen and oxygen atoms in total. The second-order valence-electron chi connectivity index (χ2n) is 10.1. The van der Waals surface area contributed by atoms with E-state index in [-0.39, 0.29) is 24.8 Å². The monoisotopic (exact) mass is 608 g/mol. The van der Waals surface area contributed by atoms with Gasteiger partial charge in [0.15, 0.2) is 6.10 Å². The zero-order valence-electron chi connectivity index (χ0n) is 24.0. The minimum absolute atomic E-state index is 0.00927. The van der Waals surface area contributed by atoms with E-state index in [2.05, 4.69) is 15.6 Å². The average Bonchev–Trinajstić information content (AvgIpc) is 3.20. The quantitative estimate of drug-likeness (QED) is 0.186. The van der Waals surface area contributed by atoms with Gasteiger partial charge in [-0.3, -0.25) is 14.9 Å². The van der Waals surface area contributed by atoms with Crippen LogP contribution in [0.15, 0.2) is 47.4 Å². The van der Waals surface area contributed by atoms with Gasteiger partial charge in [-0.15, -0.1) is 0 Å². The molecule has 0 unspecified atom stereocenters. The Hall–Kier alpha value is -3.91. The smallest absolute Gasteiger partial charge is 0.412 e. The van der Waals surface area contributed by atoms with Crippen molar-refractivity contribution in [3.05, 3.63) is 53.1 Å². The molecule has 3 N–H and O–H groups in total. The van der Waals surface area contributed by atoms with Crippen molar-refractivity contribution in [2.75, 3.05) is 23.8 Å². The van der Waals surface area contributed by atoms with Gasteiger partial charge < -0.3 is 24.6 Å². The van der Waals surface area contributed by atoms with Crippen LogP contribution in [0.4, 0.5) is 25.1 Å². The van der Waals surface area contributed by atoms with Crippen LogP contribution in [0.3, 0.4) is 0 Å². The normalized spacial score (nSPS) is 19.0. The lowest BCUT2D eigenvalue weighted by molar-refractivity contribution is -0.150. The molecule has 236 valence electrons. The number of unbranched alkanes of at least 4 members (excludes halogenated alkanes) is 5. The van der Waals surface area contributed by atoms with E-state index >= 15 is 8.78 Å². The number of nitrogens with zero attached hydrogens (tertiary/aromatic N) is 2. The maximum Gasteiger partial charge on any atom is 0.412 e. The number of anilines is 2. The van der Waals surface area contributed by atoms with Crippen molar-refractivity contribution in [2.45, 2.75) is 89.1 Å². The molecule has 0 saturated carbocycles. The number of hydrogen-bond acceptors (Lipinski definition) is 9. The van der Waals surface area contributed by atoms with Gasteiger partial charge in [0.1, 0.15) is 18.5 Å². The summed E-state index contributed by atoms with van der Waals surface area (Å²) < 4.78 is 45.9. The van der Waals surface area contributed by atoms with Gasteiger partial charge >= 0.3 is 23.7 Å². The first kappa shape index (κ1) is 33.6. The van der Waals surface area contributed by atoms with E-state index in [0.29, 0.717) is 43.1 Å². The number of nitrogens with one attached hydrogen (secondary N) is 2. The fraction of sp³-hybridized carbons (Fsp3) is 0.552. The summed E-state index contributed by atoms with van der Waals surface area (Å²) in [6, 6.07) is 10.2. The van der Waals surface area contributed by atoms with Crippen molar-refractivity contribution in [3.8, 4) is 0 Å². The lowest BCUT2D eigenvalue weighted by Gasteiger charge is -2.23. The number of ether oxygens (including phenoxy) is 3. The highest BCUT2D eigenvalue weighted by atomic mass is 19.3. The Morgan fingerprint density at radius 3 is 2.44 bits per heavy atom. The van der Waals surface area contributed by atoms with Gasteiger partial charge in [-0.05, 0) is 37.5 Å². The number of aliphatic hydroxyl groups is 1. The van der Waals surface area contributed by atoms with Crippen LogP contribution in [0.1, 0.15) is 70.9 Å². The molecule has 1 aliphatic heterocycles. The number of aromatic nitrogens is 2. The molecule has 1 aromatic carbocycles. The molecule has 14 heteroatoms. The number of hydrogen-bond donors (Lipinski definition) is 3. The number of carbonyl (C=O) groups is 3. The van der Waals surface area contributed by atoms with Gasteiger partial charge in [-0.1, -0.05) is 50.8 Å². The highest BCUT2D eigenvalue weighted by molar-refractivity contribution is 5.90. The number of alkyl halides is 2. The molecule has 43 heavy (non-hydrogen) atoms. The second kappa shape index (κ2) is 16.7. The minimum atomic E-state index is -3.99. The van der Waals surface area contributed by atoms with Crippen molar-refractivity contribution in [1.82, 2.24) is 9.55 Å². The van der Waals surface area contributed by atoms with E-state index in [1.807, 2.05) is 25.1 Å². The van der Waals surface area contributed by atoms with Crippen molar-refractivity contribution in [2.24, 2.45) is 0 Å². The largest absolute Gasteiger partial charge is 0.463 e. The van der Waals surface area contributed by atoms with E-state index in [1.54, 1.807) is 12.1 Å². The number of halogens is 2. The Kier molecular flexibility index (Phi) is 13.0. The fourth-order valence-electron chi connectivity index (χ4n) is 4.39. The number of esters is 1. The Labute approximate surface area is 247 Å². The predicted molar refractivity (Wildman–Crippen MR) is 152 cm³/mol. The maximum atomic E-state index is 15.1. The summed E-state index contributed by atoms with van der Waals surface area (Å²) in [6.45, 7) is 1.40. The second-order valence-corrected chi connectivity index (χ2v) is 10.1. The Balaban J connectivity index is 1.44. The molecule has 0 radical (unpaired) electrons. The molecule has 2 amide bonds. The van der Waals surface area contributed by atoms with Crippen molar-refractivity contribution in [1.29, 1.82) is 0 Å². The summed E-state index contributed by atoms with van der Waals surface area (Å²) in [5, 5.41) is 15.3. The van der Waals surface area contributed by atoms with E-state index in [0.717, 1.165) is 30.8 Å². The molecule has 1 fully saturated rings. The summed E-state index contributed by atoms with van der Waals surface area (Å²) in [6.07, 6.45) is -1.19. The highest BCUT2D eigenvalue weighted by Gasteiger charge is 2.60. The summed E-state index contributed by atoms with van der Waals surface area (Å²) in [7, 11) is 0. The van der Waals surface area contributed by atoms with Gasteiger partial charge in [0.25, 0.3) is 0 Å². The van der Waals surface area contributed by atoms with E-state index < -0.39 is 48.7 Å². The zero-order valence-corrected chi connectivity index (χ0v) is 24.0. The third kappa shape index (κ3) is 10.1. The van der Waals surface area contributed by atoms with Crippen LogP contribution in [0.5, 0.6) is 0 Å². The molecule has 3 atom stereocenters. The number of carbonyl (C=O) groups excluding carboxylic acids is 3. The topological polar surface area (TPSA) is 158 Å². The van der Waals surface area contributed by atoms with E-state index in [4.69, 9.17) is 14.2 Å². The van der Waals surface area contributed by atoms with Gasteiger partial charge in [0, 0.05) is 24.7 Å². The van der Waals surface area contributed by atoms with E-state index in [9.17, 15) is 24.3 Å². The number of aliphatic hydroxyl groups excluding tert-OH is 1. The lowest BCUT2D eigenvalue weighted by Crippen LogP contribution is -2.42. The van der Waals surface area contributed by atoms with Gasteiger partial charge in [-0.2, -0.15) is 8.78 Å². The van der Waals surface area contributed by atoms with Crippen LogP contribution in [-0.2, 0) is 23.8 Å². The zero-order chi connectivity index (χ0) is 31.2. The van der Waals surface area contributed by atoms with Crippen molar-refractivity contribution >= 4 is 29.5 Å². The predicted octanol–water partition coefficient (Wildman–Crippen LogP) is 4.40. The van der Waals surface area contributed by atoms with Crippen molar-refractivity contribution < 1.29 is 42.5 Å². The summed E-state index contributed by atoms with van der Waals surface area (Å²) >= 11 is 0. The Morgan fingerprint density at radius 2 is 1.72 bits per heavy atom. The molecule has 1 saturated heterocycles. The molecule has 3 rings (SSSR count). The molecule has 2 heterocycles. The van der Waals surface area contributed by atoms with Crippen LogP contribution in [-0.4, -0.2) is 64.0 Å². The number of benzene rings is 1. The number of amides is 2. The van der Waals surface area contributed by atoms with Crippen molar-refractivity contribution in [3.63, 3.8) is 0 Å². The minimum Gasteiger partial charge on any atom is -0.463 e. The third-order valence-electron chi connectivity index (χ3n) is 6.71. The third-order valence-corrected chi connectivity index (χ3v) is 6.71. The first-order valence-electron chi connectivity index (χ1n) is 14.4. The van der Waals surface area contributed by atoms with Crippen LogP contribution < -0.4 is 16.3 Å². The van der Waals surface area contributed by atoms with Crippen LogP contribution >= 0.6 is 0 Å².